The first kappa shape index (κ1) is 15.0. The van der Waals surface area contributed by atoms with Crippen LogP contribution in [0.1, 0.15) is 39.5 Å². The number of sulfone groups is 1. The molecule has 0 aliphatic heterocycles. The van der Waals surface area contributed by atoms with E-state index in [0.717, 1.165) is 24.8 Å². The van der Waals surface area contributed by atoms with Gasteiger partial charge in [-0.25, -0.2) is 8.42 Å². The quantitative estimate of drug-likeness (QED) is 0.597. The van der Waals surface area contributed by atoms with Crippen LogP contribution in [0.5, 0.6) is 0 Å². The SMILES string of the molecule is CCCC/C=C1/CC1(C(C)=O)S(=O)(=O)c1ccccc1. The highest BCUT2D eigenvalue weighted by molar-refractivity contribution is 7.94. The summed E-state index contributed by atoms with van der Waals surface area (Å²) in [5, 5.41) is 0. The zero-order chi connectivity index (χ0) is 14.8. The van der Waals surface area contributed by atoms with Crippen molar-refractivity contribution < 1.29 is 13.2 Å². The van der Waals surface area contributed by atoms with Crippen molar-refractivity contribution in [2.24, 2.45) is 0 Å². The maximum atomic E-state index is 12.7. The molecular weight excluding hydrogens is 272 g/mol. The Hall–Kier alpha value is -1.42. The normalized spacial score (nSPS) is 23.8. The van der Waals surface area contributed by atoms with Gasteiger partial charge in [0, 0.05) is 6.42 Å². The largest absolute Gasteiger partial charge is 0.298 e. The fourth-order valence-electron chi connectivity index (χ4n) is 2.55. The van der Waals surface area contributed by atoms with E-state index in [2.05, 4.69) is 6.92 Å². The smallest absolute Gasteiger partial charge is 0.195 e. The van der Waals surface area contributed by atoms with Crippen molar-refractivity contribution in [1.29, 1.82) is 0 Å². The topological polar surface area (TPSA) is 51.2 Å². The van der Waals surface area contributed by atoms with Gasteiger partial charge in [0.1, 0.15) is 0 Å². The molecule has 1 aromatic carbocycles. The minimum Gasteiger partial charge on any atom is -0.298 e. The molecular formula is C16H20O3S. The van der Waals surface area contributed by atoms with E-state index in [0.29, 0.717) is 6.42 Å². The van der Waals surface area contributed by atoms with Crippen LogP contribution in [0, 0.1) is 0 Å². The average molecular weight is 292 g/mol. The van der Waals surface area contributed by atoms with Crippen LogP contribution in [0.2, 0.25) is 0 Å². The maximum absolute atomic E-state index is 12.7. The third-order valence-corrected chi connectivity index (χ3v) is 6.37. The summed E-state index contributed by atoms with van der Waals surface area (Å²) in [5.74, 6) is -0.274. The highest BCUT2D eigenvalue weighted by Gasteiger charge is 2.63. The minimum absolute atomic E-state index is 0.231. The molecule has 1 unspecified atom stereocenters. The molecule has 0 heterocycles. The Balaban J connectivity index is 2.38. The number of carbonyl (C=O) groups is 1. The third-order valence-electron chi connectivity index (χ3n) is 3.86. The van der Waals surface area contributed by atoms with Crippen LogP contribution in [-0.4, -0.2) is 18.9 Å². The van der Waals surface area contributed by atoms with Gasteiger partial charge in [-0.15, -0.1) is 0 Å². The van der Waals surface area contributed by atoms with Gasteiger partial charge < -0.3 is 0 Å². The second kappa shape index (κ2) is 5.52. The molecule has 1 aliphatic carbocycles. The van der Waals surface area contributed by atoms with Gasteiger partial charge in [0.15, 0.2) is 20.4 Å². The van der Waals surface area contributed by atoms with Crippen molar-refractivity contribution in [2.45, 2.75) is 49.2 Å². The summed E-state index contributed by atoms with van der Waals surface area (Å²) in [6.45, 7) is 3.46. The monoisotopic (exact) mass is 292 g/mol. The number of hydrogen-bond acceptors (Lipinski definition) is 3. The van der Waals surface area contributed by atoms with Gasteiger partial charge in [-0.05, 0) is 31.1 Å². The van der Waals surface area contributed by atoms with Crippen LogP contribution >= 0.6 is 0 Å². The number of benzene rings is 1. The van der Waals surface area contributed by atoms with E-state index < -0.39 is 14.6 Å². The van der Waals surface area contributed by atoms with Crippen LogP contribution in [0.15, 0.2) is 46.9 Å². The Morgan fingerprint density at radius 2 is 1.95 bits per heavy atom. The molecule has 3 nitrogen and oxygen atoms in total. The van der Waals surface area contributed by atoms with Crippen molar-refractivity contribution in [1.82, 2.24) is 0 Å². The average Bonchev–Trinajstić information content (AvgIpc) is 3.16. The summed E-state index contributed by atoms with van der Waals surface area (Å²) in [6.07, 6.45) is 5.20. The third kappa shape index (κ3) is 2.33. The van der Waals surface area contributed by atoms with E-state index in [-0.39, 0.29) is 10.7 Å². The molecule has 1 fully saturated rings. The first-order valence-corrected chi connectivity index (χ1v) is 8.45. The highest BCUT2D eigenvalue weighted by Crippen LogP contribution is 2.53. The van der Waals surface area contributed by atoms with Gasteiger partial charge in [-0.1, -0.05) is 44.0 Å². The number of rotatable bonds is 6. The summed E-state index contributed by atoms with van der Waals surface area (Å²) in [5.41, 5.74) is 0.766. The van der Waals surface area contributed by atoms with E-state index in [1.807, 2.05) is 6.08 Å². The Bertz CT molecular complexity index is 629. The van der Waals surface area contributed by atoms with Crippen molar-refractivity contribution in [3.63, 3.8) is 0 Å². The lowest BCUT2D eigenvalue weighted by Gasteiger charge is -2.13. The summed E-state index contributed by atoms with van der Waals surface area (Å²) < 4.78 is 24.2. The second-order valence-corrected chi connectivity index (χ2v) is 7.42. The number of hydrogen-bond donors (Lipinski definition) is 0. The first-order valence-electron chi connectivity index (χ1n) is 6.97. The van der Waals surface area contributed by atoms with Crippen molar-refractivity contribution >= 4 is 15.6 Å². The van der Waals surface area contributed by atoms with E-state index in [9.17, 15) is 13.2 Å². The number of unbranched alkanes of at least 4 members (excludes halogenated alkanes) is 2. The van der Waals surface area contributed by atoms with Crippen LogP contribution < -0.4 is 0 Å². The lowest BCUT2D eigenvalue weighted by atomic mass is 10.2. The minimum atomic E-state index is -3.63. The first-order chi connectivity index (χ1) is 9.46. The van der Waals surface area contributed by atoms with E-state index in [1.165, 1.54) is 6.92 Å². The van der Waals surface area contributed by atoms with Gasteiger partial charge in [-0.2, -0.15) is 0 Å². The lowest BCUT2D eigenvalue weighted by molar-refractivity contribution is -0.117. The number of carbonyl (C=O) groups excluding carboxylic acids is 1. The Labute approximate surface area is 120 Å². The molecule has 0 N–H and O–H groups in total. The second-order valence-electron chi connectivity index (χ2n) is 5.25. The Morgan fingerprint density at radius 3 is 2.50 bits per heavy atom. The summed E-state index contributed by atoms with van der Waals surface area (Å²) >= 11 is 0. The Kier molecular flexibility index (Phi) is 4.14. The highest BCUT2D eigenvalue weighted by atomic mass is 32.2. The summed E-state index contributed by atoms with van der Waals surface area (Å²) in [7, 11) is -3.63. The number of Topliss-reactive ketones (excluding diaryl/α,β-unsaturated/α-hetero) is 1. The Morgan fingerprint density at radius 1 is 1.30 bits per heavy atom. The molecule has 0 saturated heterocycles. The molecule has 20 heavy (non-hydrogen) atoms. The summed E-state index contributed by atoms with van der Waals surface area (Å²) in [4.78, 5) is 12.2. The molecule has 0 aromatic heterocycles. The molecule has 1 aromatic rings. The molecule has 1 atom stereocenters. The standard InChI is InChI=1S/C16H20O3S/c1-3-4-6-9-14-12-16(14,13(2)17)20(18,19)15-10-7-5-8-11-15/h5,7-11H,3-4,6,12H2,1-2H3/b14-9-. The van der Waals surface area contributed by atoms with E-state index in [1.54, 1.807) is 30.3 Å². The molecule has 0 radical (unpaired) electrons. The molecule has 0 bridgehead atoms. The molecule has 1 aliphatic rings. The predicted octanol–water partition coefficient (Wildman–Crippen LogP) is 3.31. The number of allylic oxidation sites excluding steroid dienone is 1. The molecule has 4 heteroatoms. The van der Waals surface area contributed by atoms with Crippen LogP contribution in [0.4, 0.5) is 0 Å². The molecule has 1 saturated carbocycles. The van der Waals surface area contributed by atoms with Gasteiger partial charge >= 0.3 is 0 Å². The van der Waals surface area contributed by atoms with E-state index in [4.69, 9.17) is 0 Å². The number of ketones is 1. The van der Waals surface area contributed by atoms with Crippen molar-refractivity contribution in [3.05, 3.63) is 42.0 Å². The maximum Gasteiger partial charge on any atom is 0.195 e. The van der Waals surface area contributed by atoms with Gasteiger partial charge in [0.2, 0.25) is 0 Å². The van der Waals surface area contributed by atoms with Crippen LogP contribution in [0.25, 0.3) is 0 Å². The van der Waals surface area contributed by atoms with Gasteiger partial charge in [-0.3, -0.25) is 4.79 Å². The fourth-order valence-corrected chi connectivity index (χ4v) is 4.62. The molecule has 0 amide bonds. The van der Waals surface area contributed by atoms with E-state index >= 15 is 0 Å². The zero-order valence-electron chi connectivity index (χ0n) is 11.9. The zero-order valence-corrected chi connectivity index (χ0v) is 12.7. The molecule has 2 rings (SSSR count). The van der Waals surface area contributed by atoms with Crippen LogP contribution in [0.3, 0.4) is 0 Å². The van der Waals surface area contributed by atoms with Gasteiger partial charge in [0.05, 0.1) is 4.90 Å². The van der Waals surface area contributed by atoms with Crippen molar-refractivity contribution in [2.75, 3.05) is 0 Å². The molecule has 108 valence electrons. The van der Waals surface area contributed by atoms with Crippen LogP contribution in [-0.2, 0) is 14.6 Å². The predicted molar refractivity (Wildman–Crippen MR) is 79.3 cm³/mol. The van der Waals surface area contributed by atoms with Crippen molar-refractivity contribution in [3.8, 4) is 0 Å². The fraction of sp³-hybridized carbons (Fsp3) is 0.438. The lowest BCUT2D eigenvalue weighted by Crippen LogP contribution is -2.31. The van der Waals surface area contributed by atoms with Gasteiger partial charge in [0.25, 0.3) is 0 Å². The molecule has 0 spiro atoms. The summed E-state index contributed by atoms with van der Waals surface area (Å²) in [6, 6.07) is 8.25.